The molecule has 52 heavy (non-hydrogen) atoms. The van der Waals surface area contributed by atoms with Crippen LogP contribution in [0.4, 0.5) is 17.1 Å². The largest absolute Gasteiger partial charge is 0.311 e. The van der Waals surface area contributed by atoms with Crippen molar-refractivity contribution in [2.45, 2.75) is 0 Å². The Morgan fingerprint density at radius 3 is 1.44 bits per heavy atom. The molecule has 10 rings (SSSR count). The molecule has 9 aromatic carbocycles. The minimum absolute atomic E-state index is 1.11. The molecule has 0 atom stereocenters. The zero-order chi connectivity index (χ0) is 34.4. The lowest BCUT2D eigenvalue weighted by atomic mass is 9.98. The van der Waals surface area contributed by atoms with Crippen LogP contribution < -0.4 is 4.90 Å². The molecule has 0 bridgehead atoms. The summed E-state index contributed by atoms with van der Waals surface area (Å²) >= 11 is 1.87. The molecule has 0 unspecified atom stereocenters. The third kappa shape index (κ3) is 5.42. The van der Waals surface area contributed by atoms with Gasteiger partial charge in [-0.3, -0.25) is 0 Å². The van der Waals surface area contributed by atoms with Crippen LogP contribution in [-0.4, -0.2) is 0 Å². The summed E-state index contributed by atoms with van der Waals surface area (Å²) < 4.78 is 2.68. The predicted molar refractivity (Wildman–Crippen MR) is 225 cm³/mol. The van der Waals surface area contributed by atoms with Crippen molar-refractivity contribution >= 4 is 70.1 Å². The van der Waals surface area contributed by atoms with Gasteiger partial charge in [0.25, 0.3) is 0 Å². The molecular formula is C50H33NS. The van der Waals surface area contributed by atoms with Crippen molar-refractivity contribution in [3.63, 3.8) is 0 Å². The minimum Gasteiger partial charge on any atom is -0.311 e. The van der Waals surface area contributed by atoms with Gasteiger partial charge in [0.05, 0.1) is 0 Å². The van der Waals surface area contributed by atoms with Crippen molar-refractivity contribution in [3.05, 3.63) is 200 Å². The van der Waals surface area contributed by atoms with Crippen molar-refractivity contribution in [3.8, 4) is 33.4 Å². The number of fused-ring (bicyclic) bond motifs is 6. The van der Waals surface area contributed by atoms with E-state index in [1.54, 1.807) is 0 Å². The Morgan fingerprint density at radius 1 is 0.288 bits per heavy atom. The fourth-order valence-corrected chi connectivity index (χ4v) is 8.71. The van der Waals surface area contributed by atoms with Gasteiger partial charge in [-0.05, 0) is 116 Å². The number of nitrogens with zero attached hydrogens (tertiary/aromatic N) is 1. The summed E-state index contributed by atoms with van der Waals surface area (Å²) in [5.41, 5.74) is 10.6. The van der Waals surface area contributed by atoms with Gasteiger partial charge in [0.15, 0.2) is 0 Å². The topological polar surface area (TPSA) is 3.24 Å². The Morgan fingerprint density at radius 2 is 0.769 bits per heavy atom. The maximum absolute atomic E-state index is 2.35. The fourth-order valence-electron chi connectivity index (χ4n) is 7.59. The second-order valence-corrected chi connectivity index (χ2v) is 14.5. The molecule has 0 amide bonds. The third-order valence-corrected chi connectivity index (χ3v) is 11.4. The number of benzene rings is 9. The maximum Gasteiger partial charge on any atom is 0.0462 e. The summed E-state index contributed by atoms with van der Waals surface area (Å²) in [6.45, 7) is 0. The highest BCUT2D eigenvalue weighted by Gasteiger charge is 2.15. The average Bonchev–Trinajstić information content (AvgIpc) is 3.61. The van der Waals surface area contributed by atoms with Gasteiger partial charge in [-0.15, -0.1) is 11.3 Å². The summed E-state index contributed by atoms with van der Waals surface area (Å²) in [5.74, 6) is 0. The molecule has 0 fully saturated rings. The number of thiophene rings is 1. The molecule has 0 aliphatic rings. The van der Waals surface area contributed by atoms with E-state index in [9.17, 15) is 0 Å². The zero-order valence-corrected chi connectivity index (χ0v) is 29.2. The standard InChI is InChI=1S/C50H33NS/c1-2-8-34(9-3-1)36-16-24-43(25-17-36)51(44-26-18-37(19-27-44)40-15-14-35-10-4-5-11-39(35)32-40)45-28-20-38(21-29-45)41-22-30-46-42(33-41)23-31-49-50(46)47-12-6-7-13-48(47)52-49/h1-33H. The SMILES string of the molecule is c1ccc(-c2ccc(N(c3ccc(-c4ccc5ccccc5c4)cc3)c3ccc(-c4ccc5c(ccc6sc7ccccc7c65)c4)cc3)cc2)cc1. The van der Waals surface area contributed by atoms with Gasteiger partial charge in [-0.25, -0.2) is 0 Å². The number of hydrogen-bond donors (Lipinski definition) is 0. The van der Waals surface area contributed by atoms with Crippen LogP contribution in [0.3, 0.4) is 0 Å². The lowest BCUT2D eigenvalue weighted by Gasteiger charge is -2.26. The Hall–Kier alpha value is -6.48. The number of rotatable bonds is 6. The van der Waals surface area contributed by atoms with Crippen LogP contribution in [0.5, 0.6) is 0 Å². The van der Waals surface area contributed by atoms with Gasteiger partial charge in [-0.1, -0.05) is 140 Å². The van der Waals surface area contributed by atoms with Crippen LogP contribution >= 0.6 is 11.3 Å². The molecule has 0 spiro atoms. The molecule has 1 nitrogen and oxygen atoms in total. The van der Waals surface area contributed by atoms with Gasteiger partial charge < -0.3 is 4.90 Å². The first-order valence-electron chi connectivity index (χ1n) is 17.7. The quantitative estimate of drug-likeness (QED) is 0.169. The minimum atomic E-state index is 1.11. The average molecular weight is 680 g/mol. The lowest BCUT2D eigenvalue weighted by molar-refractivity contribution is 1.28. The van der Waals surface area contributed by atoms with Gasteiger partial charge in [0.1, 0.15) is 0 Å². The summed E-state index contributed by atoms with van der Waals surface area (Å²) in [6, 6.07) is 72.9. The Balaban J connectivity index is 1.02. The van der Waals surface area contributed by atoms with E-state index in [0.717, 1.165) is 17.1 Å². The summed E-state index contributed by atoms with van der Waals surface area (Å²) in [6.07, 6.45) is 0. The predicted octanol–water partition coefficient (Wildman–Crippen LogP) is 14.8. The molecular weight excluding hydrogens is 647 g/mol. The molecule has 0 radical (unpaired) electrons. The highest BCUT2D eigenvalue weighted by molar-refractivity contribution is 7.26. The number of hydrogen-bond acceptors (Lipinski definition) is 2. The summed E-state index contributed by atoms with van der Waals surface area (Å²) in [4.78, 5) is 2.35. The molecule has 10 aromatic rings. The molecule has 0 saturated heterocycles. The van der Waals surface area contributed by atoms with Crippen LogP contribution in [0, 0.1) is 0 Å². The summed E-state index contributed by atoms with van der Waals surface area (Å²) in [7, 11) is 0. The first-order chi connectivity index (χ1) is 25.7. The van der Waals surface area contributed by atoms with Gasteiger partial charge in [0, 0.05) is 37.2 Å². The van der Waals surface area contributed by atoms with Gasteiger partial charge in [-0.2, -0.15) is 0 Å². The van der Waals surface area contributed by atoms with E-state index in [-0.39, 0.29) is 0 Å². The molecule has 244 valence electrons. The molecule has 0 aliphatic heterocycles. The maximum atomic E-state index is 2.35. The van der Waals surface area contributed by atoms with E-state index in [1.165, 1.54) is 75.1 Å². The van der Waals surface area contributed by atoms with E-state index in [2.05, 4.69) is 205 Å². The molecule has 0 N–H and O–H groups in total. The first kappa shape index (κ1) is 30.4. The van der Waals surface area contributed by atoms with Crippen LogP contribution in [0.2, 0.25) is 0 Å². The molecule has 1 aromatic heterocycles. The van der Waals surface area contributed by atoms with E-state index in [1.807, 2.05) is 11.3 Å². The zero-order valence-electron chi connectivity index (χ0n) is 28.4. The molecule has 0 aliphatic carbocycles. The second kappa shape index (κ2) is 12.7. The Bertz CT molecular complexity index is 2870. The van der Waals surface area contributed by atoms with E-state index in [0.29, 0.717) is 0 Å². The van der Waals surface area contributed by atoms with Crippen LogP contribution in [0.15, 0.2) is 200 Å². The van der Waals surface area contributed by atoms with E-state index < -0.39 is 0 Å². The van der Waals surface area contributed by atoms with Crippen LogP contribution in [0.1, 0.15) is 0 Å². The van der Waals surface area contributed by atoms with E-state index >= 15 is 0 Å². The Kier molecular flexibility index (Phi) is 7.41. The monoisotopic (exact) mass is 679 g/mol. The normalized spacial score (nSPS) is 11.5. The highest BCUT2D eigenvalue weighted by Crippen LogP contribution is 2.41. The smallest absolute Gasteiger partial charge is 0.0462 e. The van der Waals surface area contributed by atoms with Crippen molar-refractivity contribution in [1.82, 2.24) is 0 Å². The summed E-state index contributed by atoms with van der Waals surface area (Å²) in [5, 5.41) is 7.79. The van der Waals surface area contributed by atoms with Gasteiger partial charge in [0.2, 0.25) is 0 Å². The van der Waals surface area contributed by atoms with Gasteiger partial charge >= 0.3 is 0 Å². The van der Waals surface area contributed by atoms with E-state index in [4.69, 9.17) is 0 Å². The number of anilines is 3. The van der Waals surface area contributed by atoms with Crippen LogP contribution in [-0.2, 0) is 0 Å². The molecule has 0 saturated carbocycles. The van der Waals surface area contributed by atoms with Crippen molar-refractivity contribution in [2.75, 3.05) is 4.90 Å². The first-order valence-corrected chi connectivity index (χ1v) is 18.6. The van der Waals surface area contributed by atoms with Crippen LogP contribution in [0.25, 0.3) is 75.1 Å². The van der Waals surface area contributed by atoms with Crippen molar-refractivity contribution in [1.29, 1.82) is 0 Å². The second-order valence-electron chi connectivity index (χ2n) is 13.4. The Labute approximate surface area is 307 Å². The third-order valence-electron chi connectivity index (χ3n) is 10.3. The van der Waals surface area contributed by atoms with Crippen molar-refractivity contribution < 1.29 is 0 Å². The highest BCUT2D eigenvalue weighted by atomic mass is 32.1. The van der Waals surface area contributed by atoms with Crippen molar-refractivity contribution in [2.24, 2.45) is 0 Å². The molecule has 2 heteroatoms. The lowest BCUT2D eigenvalue weighted by Crippen LogP contribution is -2.09. The fraction of sp³-hybridized carbons (Fsp3) is 0. The molecule has 1 heterocycles.